The molecular formula is C19H23N7O. The summed E-state index contributed by atoms with van der Waals surface area (Å²) in [6.07, 6.45) is 5.01. The zero-order valence-corrected chi connectivity index (χ0v) is 15.2. The van der Waals surface area contributed by atoms with Gasteiger partial charge in [0.05, 0.1) is 13.2 Å². The molecule has 140 valence electrons. The SMILES string of the molecule is COc1cccc(C2NNCC2CNCc2ccc(-n3cncn3)nc2)c1. The van der Waals surface area contributed by atoms with E-state index in [1.165, 1.54) is 11.9 Å². The summed E-state index contributed by atoms with van der Waals surface area (Å²) in [5.74, 6) is 2.09. The first-order valence-electron chi connectivity index (χ1n) is 8.96. The van der Waals surface area contributed by atoms with Crippen molar-refractivity contribution in [1.29, 1.82) is 0 Å². The number of hydrogen-bond acceptors (Lipinski definition) is 7. The molecule has 2 atom stereocenters. The first-order valence-corrected chi connectivity index (χ1v) is 8.96. The number of aromatic nitrogens is 4. The fourth-order valence-electron chi connectivity index (χ4n) is 3.30. The predicted octanol–water partition coefficient (Wildman–Crippen LogP) is 1.23. The highest BCUT2D eigenvalue weighted by molar-refractivity contribution is 5.31. The van der Waals surface area contributed by atoms with E-state index in [0.29, 0.717) is 5.92 Å². The van der Waals surface area contributed by atoms with Crippen LogP contribution in [0.4, 0.5) is 0 Å². The zero-order valence-electron chi connectivity index (χ0n) is 15.2. The molecule has 0 saturated carbocycles. The summed E-state index contributed by atoms with van der Waals surface area (Å²) in [6, 6.07) is 12.5. The van der Waals surface area contributed by atoms with Crippen molar-refractivity contribution in [2.75, 3.05) is 20.2 Å². The molecule has 0 bridgehead atoms. The molecule has 1 fully saturated rings. The Bertz CT molecular complexity index is 851. The molecule has 8 heteroatoms. The van der Waals surface area contributed by atoms with E-state index in [4.69, 9.17) is 4.74 Å². The Morgan fingerprint density at radius 3 is 3.04 bits per heavy atom. The summed E-state index contributed by atoms with van der Waals surface area (Å²) in [4.78, 5) is 8.37. The minimum Gasteiger partial charge on any atom is -0.497 e. The lowest BCUT2D eigenvalue weighted by Crippen LogP contribution is -2.28. The highest BCUT2D eigenvalue weighted by atomic mass is 16.5. The van der Waals surface area contributed by atoms with E-state index in [9.17, 15) is 0 Å². The second-order valence-electron chi connectivity index (χ2n) is 6.54. The number of hydrogen-bond donors (Lipinski definition) is 3. The largest absolute Gasteiger partial charge is 0.497 e. The zero-order chi connectivity index (χ0) is 18.5. The van der Waals surface area contributed by atoms with Crippen LogP contribution in [0.5, 0.6) is 5.75 Å². The molecule has 3 N–H and O–H groups in total. The van der Waals surface area contributed by atoms with Crippen LogP contribution in [0.2, 0.25) is 0 Å². The smallest absolute Gasteiger partial charge is 0.155 e. The Morgan fingerprint density at radius 1 is 1.30 bits per heavy atom. The van der Waals surface area contributed by atoms with Crippen LogP contribution in [-0.4, -0.2) is 39.9 Å². The van der Waals surface area contributed by atoms with E-state index in [2.05, 4.69) is 49.4 Å². The minimum absolute atomic E-state index is 0.250. The number of benzene rings is 1. The lowest BCUT2D eigenvalue weighted by Gasteiger charge is -2.20. The highest BCUT2D eigenvalue weighted by Crippen LogP contribution is 2.27. The summed E-state index contributed by atoms with van der Waals surface area (Å²) in [7, 11) is 1.70. The van der Waals surface area contributed by atoms with Crippen molar-refractivity contribution in [2.45, 2.75) is 12.6 Å². The molecule has 1 saturated heterocycles. The highest BCUT2D eigenvalue weighted by Gasteiger charge is 2.28. The maximum Gasteiger partial charge on any atom is 0.155 e. The van der Waals surface area contributed by atoms with Crippen LogP contribution in [0.25, 0.3) is 5.82 Å². The van der Waals surface area contributed by atoms with E-state index in [0.717, 1.165) is 36.8 Å². The molecule has 2 unspecified atom stereocenters. The van der Waals surface area contributed by atoms with Gasteiger partial charge in [0.15, 0.2) is 5.82 Å². The first kappa shape index (κ1) is 17.6. The molecule has 1 aromatic carbocycles. The molecule has 3 heterocycles. The van der Waals surface area contributed by atoms with E-state index in [1.807, 2.05) is 24.4 Å². The van der Waals surface area contributed by atoms with Gasteiger partial charge in [-0.25, -0.2) is 20.1 Å². The van der Waals surface area contributed by atoms with Gasteiger partial charge in [0, 0.05) is 31.7 Å². The lowest BCUT2D eigenvalue weighted by atomic mass is 9.94. The van der Waals surface area contributed by atoms with Crippen molar-refractivity contribution in [2.24, 2.45) is 5.92 Å². The average molecular weight is 365 g/mol. The molecule has 0 aliphatic carbocycles. The van der Waals surface area contributed by atoms with Crippen LogP contribution in [0.3, 0.4) is 0 Å². The third kappa shape index (κ3) is 4.13. The fraction of sp³-hybridized carbons (Fsp3) is 0.316. The second-order valence-corrected chi connectivity index (χ2v) is 6.54. The number of pyridine rings is 1. The second kappa shape index (κ2) is 8.26. The Balaban J connectivity index is 1.33. The number of hydrazine groups is 1. The van der Waals surface area contributed by atoms with Crippen molar-refractivity contribution in [3.05, 3.63) is 66.4 Å². The van der Waals surface area contributed by atoms with E-state index >= 15 is 0 Å². The summed E-state index contributed by atoms with van der Waals surface area (Å²) in [5, 5.41) is 7.62. The summed E-state index contributed by atoms with van der Waals surface area (Å²) >= 11 is 0. The quantitative estimate of drug-likeness (QED) is 0.580. The van der Waals surface area contributed by atoms with Crippen LogP contribution in [0, 0.1) is 5.92 Å². The maximum atomic E-state index is 5.34. The Labute approximate surface area is 158 Å². The first-order chi connectivity index (χ1) is 13.3. The minimum atomic E-state index is 0.250. The van der Waals surface area contributed by atoms with Gasteiger partial charge in [0.1, 0.15) is 18.4 Å². The van der Waals surface area contributed by atoms with E-state index in [-0.39, 0.29) is 6.04 Å². The van der Waals surface area contributed by atoms with Crippen LogP contribution < -0.4 is 20.9 Å². The lowest BCUT2D eigenvalue weighted by molar-refractivity contribution is 0.409. The Morgan fingerprint density at radius 2 is 2.26 bits per heavy atom. The van der Waals surface area contributed by atoms with Crippen LogP contribution in [-0.2, 0) is 6.54 Å². The standard InChI is InChI=1S/C19H23N7O/c1-27-17-4-2-3-15(7-17)19-16(11-23-25-19)10-20-8-14-5-6-18(22-9-14)26-13-21-12-24-26/h2-7,9,12-13,16,19-20,23,25H,8,10-11H2,1H3. The van der Waals surface area contributed by atoms with E-state index < -0.39 is 0 Å². The monoisotopic (exact) mass is 365 g/mol. The molecule has 4 rings (SSSR count). The number of nitrogens with zero attached hydrogens (tertiary/aromatic N) is 4. The van der Waals surface area contributed by atoms with Gasteiger partial charge < -0.3 is 10.1 Å². The van der Waals surface area contributed by atoms with Gasteiger partial charge in [0.2, 0.25) is 0 Å². The van der Waals surface area contributed by atoms with Gasteiger partial charge in [-0.2, -0.15) is 5.10 Å². The molecule has 1 aliphatic rings. The van der Waals surface area contributed by atoms with Gasteiger partial charge in [-0.1, -0.05) is 18.2 Å². The number of ether oxygens (including phenoxy) is 1. The third-order valence-electron chi connectivity index (χ3n) is 4.74. The van der Waals surface area contributed by atoms with Crippen LogP contribution in [0.15, 0.2) is 55.2 Å². The Kier molecular flexibility index (Phi) is 5.38. The predicted molar refractivity (Wildman–Crippen MR) is 101 cm³/mol. The van der Waals surface area contributed by atoms with Gasteiger partial charge in [0.25, 0.3) is 0 Å². The molecule has 2 aromatic heterocycles. The molecule has 3 aromatic rings. The molecule has 27 heavy (non-hydrogen) atoms. The fourth-order valence-corrected chi connectivity index (χ4v) is 3.30. The van der Waals surface area contributed by atoms with Crippen molar-refractivity contribution >= 4 is 0 Å². The van der Waals surface area contributed by atoms with Crippen molar-refractivity contribution in [1.82, 2.24) is 35.9 Å². The molecule has 1 aliphatic heterocycles. The van der Waals surface area contributed by atoms with Crippen molar-refractivity contribution in [3.8, 4) is 11.6 Å². The van der Waals surface area contributed by atoms with E-state index in [1.54, 1.807) is 18.1 Å². The topological polar surface area (TPSA) is 88.9 Å². The normalized spacial score (nSPS) is 19.3. The average Bonchev–Trinajstić information content (AvgIpc) is 3.41. The van der Waals surface area contributed by atoms with Crippen LogP contribution >= 0.6 is 0 Å². The molecule has 0 amide bonds. The summed E-state index contributed by atoms with van der Waals surface area (Å²) in [6.45, 7) is 2.58. The summed E-state index contributed by atoms with van der Waals surface area (Å²) in [5.41, 5.74) is 9.01. The number of rotatable bonds is 7. The molecule has 0 spiro atoms. The maximum absolute atomic E-state index is 5.34. The van der Waals surface area contributed by atoms with Crippen molar-refractivity contribution in [3.63, 3.8) is 0 Å². The molecule has 0 radical (unpaired) electrons. The van der Waals surface area contributed by atoms with Gasteiger partial charge >= 0.3 is 0 Å². The van der Waals surface area contributed by atoms with Gasteiger partial charge in [-0.3, -0.25) is 5.43 Å². The summed E-state index contributed by atoms with van der Waals surface area (Å²) < 4.78 is 6.99. The molecule has 8 nitrogen and oxygen atoms in total. The Hall–Kier alpha value is -2.81. The number of nitrogens with one attached hydrogen (secondary N) is 3. The number of methoxy groups -OCH3 is 1. The van der Waals surface area contributed by atoms with Crippen LogP contribution in [0.1, 0.15) is 17.2 Å². The van der Waals surface area contributed by atoms with Crippen molar-refractivity contribution < 1.29 is 4.74 Å². The van der Waals surface area contributed by atoms with Gasteiger partial charge in [-0.15, -0.1) is 0 Å². The molecular weight excluding hydrogens is 342 g/mol. The van der Waals surface area contributed by atoms with Gasteiger partial charge in [-0.05, 0) is 29.3 Å². The third-order valence-corrected chi connectivity index (χ3v) is 4.74.